The van der Waals surface area contributed by atoms with Crippen molar-refractivity contribution in [2.24, 2.45) is 16.2 Å². The molecule has 9 aromatic carbocycles. The number of hydrogen-bond acceptors (Lipinski definition) is 6. The molecule has 0 aromatic heterocycles. The number of carbonyl (C=O) groups excluding carboxylic acids is 3. The molecule has 1 saturated carbocycles. The Morgan fingerprint density at radius 3 is 1.05 bits per heavy atom. The van der Waals surface area contributed by atoms with E-state index < -0.39 is 69.5 Å². The van der Waals surface area contributed by atoms with Crippen molar-refractivity contribution in [3.8, 4) is 0 Å². The fourth-order valence-electron chi connectivity index (χ4n) is 10.9. The first-order valence-corrected chi connectivity index (χ1v) is 29.4. The predicted molar refractivity (Wildman–Crippen MR) is 327 cm³/mol. The molecule has 6 nitrogen and oxygen atoms in total. The zero-order valence-corrected chi connectivity index (χ0v) is 50.6. The number of alkyl halides is 9. The van der Waals surface area contributed by atoms with E-state index in [9.17, 15) is 53.9 Å². The molecule has 1 aliphatic rings. The number of fused-ring (bicyclic) bond motifs is 6. The highest BCUT2D eigenvalue weighted by Crippen LogP contribution is 2.50. The van der Waals surface area contributed by atoms with Gasteiger partial charge in [0.25, 0.3) is 0 Å². The van der Waals surface area contributed by atoms with Crippen LogP contribution in [-0.4, -0.2) is 36.4 Å². The monoisotopic (exact) mass is 1200 g/mol. The molecule has 460 valence electrons. The van der Waals surface area contributed by atoms with Gasteiger partial charge in [0.05, 0.1) is 0 Å². The molecule has 0 aliphatic heterocycles. The van der Waals surface area contributed by atoms with E-state index >= 15 is 0 Å². The van der Waals surface area contributed by atoms with Crippen molar-refractivity contribution in [3.05, 3.63) is 180 Å². The zero-order chi connectivity index (χ0) is 63.8. The average Bonchev–Trinajstić information content (AvgIpc) is 4.07. The fourth-order valence-corrected chi connectivity index (χ4v) is 10.9. The summed E-state index contributed by atoms with van der Waals surface area (Å²) in [4.78, 5) is 37.8. The number of carbonyl (C=O) groups is 3. The van der Waals surface area contributed by atoms with E-state index in [1.807, 2.05) is 133 Å². The number of hydrogen-bond donors (Lipinski definition) is 0. The van der Waals surface area contributed by atoms with E-state index in [2.05, 4.69) is 24.3 Å². The maximum absolute atomic E-state index is 13.6. The molecule has 4 unspecified atom stereocenters. The van der Waals surface area contributed by atoms with Gasteiger partial charge in [-0.25, -0.2) is 0 Å². The Morgan fingerprint density at radius 2 is 0.678 bits per heavy atom. The van der Waals surface area contributed by atoms with E-state index in [-0.39, 0.29) is 19.3 Å². The summed E-state index contributed by atoms with van der Waals surface area (Å²) in [5.74, 6) is -3.68. The lowest BCUT2D eigenvalue weighted by molar-refractivity contribution is -0.240. The molecule has 87 heavy (non-hydrogen) atoms. The Kier molecular flexibility index (Phi) is 18.4. The minimum Gasteiger partial charge on any atom is -0.454 e. The van der Waals surface area contributed by atoms with Gasteiger partial charge in [-0.2, -0.15) is 39.5 Å². The number of ether oxygens (including phenoxy) is 3. The zero-order valence-electron chi connectivity index (χ0n) is 50.6. The Bertz CT molecular complexity index is 4010. The lowest BCUT2D eigenvalue weighted by Crippen LogP contribution is -2.46. The largest absolute Gasteiger partial charge is 0.454 e. The van der Waals surface area contributed by atoms with Crippen LogP contribution in [-0.2, 0) is 45.4 Å². The molecule has 15 heteroatoms. The predicted octanol–water partition coefficient (Wildman–Crippen LogP) is 21.2. The quantitative estimate of drug-likeness (QED) is 0.0495. The molecule has 0 saturated heterocycles. The first kappa shape index (κ1) is 65.3. The van der Waals surface area contributed by atoms with Gasteiger partial charge < -0.3 is 14.2 Å². The van der Waals surface area contributed by atoms with Crippen LogP contribution in [0.3, 0.4) is 0 Å². The number of benzene rings is 9. The second-order valence-corrected chi connectivity index (χ2v) is 24.3. The second-order valence-electron chi connectivity index (χ2n) is 24.3. The van der Waals surface area contributed by atoms with Crippen molar-refractivity contribution in [1.82, 2.24) is 0 Å². The Morgan fingerprint density at radius 1 is 0.368 bits per heavy atom. The van der Waals surface area contributed by atoms with Crippen molar-refractivity contribution in [2.75, 3.05) is 0 Å². The summed E-state index contributed by atoms with van der Waals surface area (Å²) in [6.07, 6.45) is -12.0. The first-order chi connectivity index (χ1) is 40.7. The number of halogens is 9. The van der Waals surface area contributed by atoms with E-state index in [1.54, 1.807) is 33.8 Å². The van der Waals surface area contributed by atoms with Crippen LogP contribution in [0.15, 0.2) is 164 Å². The molecular weight excluding hydrogens is 1130 g/mol. The summed E-state index contributed by atoms with van der Waals surface area (Å²) in [6.45, 7) is 13.5. The van der Waals surface area contributed by atoms with Gasteiger partial charge in [-0.3, -0.25) is 14.4 Å². The summed E-state index contributed by atoms with van der Waals surface area (Å²) < 4.78 is 138. The first-order valence-electron chi connectivity index (χ1n) is 29.4. The summed E-state index contributed by atoms with van der Waals surface area (Å²) in [6, 6.07) is 53.4. The number of rotatable bonds is 13. The van der Waals surface area contributed by atoms with Crippen LogP contribution >= 0.6 is 0 Å². The Balaban J connectivity index is 0.000000169. The third-order valence-electron chi connectivity index (χ3n) is 18.3. The summed E-state index contributed by atoms with van der Waals surface area (Å²) in [5, 5.41) is 12.5. The van der Waals surface area contributed by atoms with Gasteiger partial charge in [-0.05, 0) is 229 Å². The molecule has 0 amide bonds. The lowest BCUT2D eigenvalue weighted by atomic mass is 9.85. The van der Waals surface area contributed by atoms with Gasteiger partial charge in [-0.15, -0.1) is 0 Å². The molecule has 0 N–H and O–H groups in total. The highest BCUT2D eigenvalue weighted by atomic mass is 19.4. The fraction of sp³-hybridized carbons (Fsp3) is 0.375. The van der Waals surface area contributed by atoms with Gasteiger partial charge in [0.15, 0.2) is 16.2 Å². The molecule has 1 fully saturated rings. The second kappa shape index (κ2) is 24.5. The lowest BCUT2D eigenvalue weighted by Gasteiger charge is -2.36. The SMILES string of the molecule is CCC(C)(C(=O)OC(C)(C)c1ccc2cc3ccccc3cc2c1)C(F)(F)F.CCC(C)(C(=O)OC1(c2ccc3cc4ccccc4cc3c2)CCCC1)C(F)(F)F.CCC(C)(OC(=O)C(C)(CC)C(F)(F)F)c1ccc2cc3ccccc3cc2c1. The minimum absolute atomic E-state index is 0.352. The molecule has 9 aromatic rings. The third kappa shape index (κ3) is 13.0. The van der Waals surface area contributed by atoms with Gasteiger partial charge in [-0.1, -0.05) is 137 Å². The van der Waals surface area contributed by atoms with Gasteiger partial charge in [0, 0.05) is 0 Å². The van der Waals surface area contributed by atoms with E-state index in [1.165, 1.54) is 20.8 Å². The molecule has 4 atom stereocenters. The minimum atomic E-state index is -4.67. The Labute approximate surface area is 501 Å². The van der Waals surface area contributed by atoms with Gasteiger partial charge in [0.1, 0.15) is 16.8 Å². The summed E-state index contributed by atoms with van der Waals surface area (Å²) >= 11 is 0. The van der Waals surface area contributed by atoms with Crippen LogP contribution in [0.4, 0.5) is 39.5 Å². The molecular formula is C72H73F9O6. The van der Waals surface area contributed by atoms with Crippen molar-refractivity contribution in [2.45, 2.75) is 156 Å². The van der Waals surface area contributed by atoms with Crippen molar-refractivity contribution in [3.63, 3.8) is 0 Å². The number of esters is 3. The van der Waals surface area contributed by atoms with E-state index in [0.29, 0.717) is 30.4 Å². The highest BCUT2D eigenvalue weighted by molar-refractivity contribution is 6.01. The molecule has 0 radical (unpaired) electrons. The van der Waals surface area contributed by atoms with Crippen LogP contribution in [0.5, 0.6) is 0 Å². The average molecular weight is 1210 g/mol. The summed E-state index contributed by atoms with van der Waals surface area (Å²) in [7, 11) is 0. The molecule has 0 bridgehead atoms. The molecule has 10 rings (SSSR count). The van der Waals surface area contributed by atoms with E-state index in [4.69, 9.17) is 14.2 Å². The van der Waals surface area contributed by atoms with Crippen LogP contribution in [0.1, 0.15) is 137 Å². The van der Waals surface area contributed by atoms with Crippen LogP contribution in [0, 0.1) is 16.2 Å². The highest BCUT2D eigenvalue weighted by Gasteiger charge is 2.60. The van der Waals surface area contributed by atoms with Crippen molar-refractivity contribution >= 4 is 82.5 Å². The Hall–Kier alpha value is -7.68. The molecule has 0 heterocycles. The van der Waals surface area contributed by atoms with Crippen molar-refractivity contribution < 1.29 is 68.1 Å². The van der Waals surface area contributed by atoms with Crippen LogP contribution < -0.4 is 0 Å². The van der Waals surface area contributed by atoms with Gasteiger partial charge in [0.2, 0.25) is 0 Å². The molecule has 1 aliphatic carbocycles. The maximum atomic E-state index is 13.6. The summed E-state index contributed by atoms with van der Waals surface area (Å²) in [5.41, 5.74) is -8.82. The van der Waals surface area contributed by atoms with Gasteiger partial charge >= 0.3 is 36.4 Å². The standard InChI is InChI=1S/C25H25F3O2.C24H25F3O2.C23H23F3O2/c1-3-23(2,25(26,27)28)22(29)30-24(12-6-7-13-24)21-11-10-19-14-17-8-4-5-9-18(17)15-20(19)16-21;1-5-22(3,24(25,26)27)21(28)29-23(4,6-2)20-12-11-18-13-16-9-7-8-10-17(16)14-19(18)15-20;1-5-22(4,23(24,25)26)20(27)28-21(2,3)19-11-10-17-12-15-8-6-7-9-16(15)13-18(17)14-19/h4-5,8-11,14-16H,3,6-7,12-13H2,1-2H3;7-15H,5-6H2,1-4H3;6-14H,5H2,1-4H3. The van der Waals surface area contributed by atoms with Crippen LogP contribution in [0.25, 0.3) is 64.6 Å². The van der Waals surface area contributed by atoms with Crippen molar-refractivity contribution in [1.29, 1.82) is 0 Å². The maximum Gasteiger partial charge on any atom is 0.404 e. The molecule has 0 spiro atoms. The van der Waals surface area contributed by atoms with E-state index in [0.717, 1.165) is 104 Å². The topological polar surface area (TPSA) is 78.9 Å². The smallest absolute Gasteiger partial charge is 0.404 e. The third-order valence-corrected chi connectivity index (χ3v) is 18.3. The normalized spacial score (nSPS) is 16.6. The van der Waals surface area contributed by atoms with Crippen LogP contribution in [0.2, 0.25) is 0 Å².